The molecule has 0 aliphatic carbocycles. The van der Waals surface area contributed by atoms with Gasteiger partial charge in [0.2, 0.25) is 5.13 Å². The van der Waals surface area contributed by atoms with Gasteiger partial charge in [0.25, 0.3) is 5.91 Å². The van der Waals surface area contributed by atoms with Crippen molar-refractivity contribution in [3.63, 3.8) is 0 Å². The van der Waals surface area contributed by atoms with Crippen LogP contribution in [0.15, 0.2) is 48.5 Å². The highest BCUT2D eigenvalue weighted by Gasteiger charge is 2.13. The first kappa shape index (κ1) is 14.3. The summed E-state index contributed by atoms with van der Waals surface area (Å²) in [6.45, 7) is 0. The Hall–Kier alpha value is -2.67. The molecular weight excluding hydrogens is 308 g/mol. The lowest BCUT2D eigenvalue weighted by atomic mass is 10.2. The molecule has 7 heteroatoms. The van der Waals surface area contributed by atoms with E-state index in [1.165, 1.54) is 17.4 Å². The van der Waals surface area contributed by atoms with Crippen molar-refractivity contribution in [3.8, 4) is 10.6 Å². The number of anilines is 1. The molecule has 0 atom stereocenters. The van der Waals surface area contributed by atoms with E-state index >= 15 is 0 Å². The lowest BCUT2D eigenvalue weighted by Crippen LogP contribution is -2.12. The molecule has 0 aliphatic heterocycles. The molecular formula is C15H9F2N3OS. The molecule has 0 unspecified atom stereocenters. The Balaban J connectivity index is 1.77. The van der Waals surface area contributed by atoms with E-state index in [9.17, 15) is 13.6 Å². The molecule has 1 N–H and O–H groups in total. The van der Waals surface area contributed by atoms with Crippen LogP contribution in [0.25, 0.3) is 10.6 Å². The average Bonchev–Trinajstić information content (AvgIpc) is 2.99. The SMILES string of the molecule is O=C(Nc1nnc(-c2ccccc2)s1)c1ccc(F)c(F)c1. The average molecular weight is 317 g/mol. The summed E-state index contributed by atoms with van der Waals surface area (Å²) in [5.74, 6) is -2.65. The van der Waals surface area contributed by atoms with Crippen molar-refractivity contribution in [1.29, 1.82) is 0 Å². The summed E-state index contributed by atoms with van der Waals surface area (Å²) < 4.78 is 26.0. The molecule has 0 saturated carbocycles. The van der Waals surface area contributed by atoms with Crippen LogP contribution in [-0.4, -0.2) is 16.1 Å². The monoisotopic (exact) mass is 317 g/mol. The molecule has 0 aliphatic rings. The van der Waals surface area contributed by atoms with Crippen LogP contribution in [0.5, 0.6) is 0 Å². The van der Waals surface area contributed by atoms with Crippen LogP contribution in [0, 0.1) is 11.6 Å². The van der Waals surface area contributed by atoms with Crippen molar-refractivity contribution in [3.05, 3.63) is 65.7 Å². The van der Waals surface area contributed by atoms with E-state index in [0.717, 1.165) is 17.7 Å². The highest BCUT2D eigenvalue weighted by molar-refractivity contribution is 7.18. The van der Waals surface area contributed by atoms with Crippen LogP contribution in [0.1, 0.15) is 10.4 Å². The zero-order chi connectivity index (χ0) is 15.5. The van der Waals surface area contributed by atoms with Gasteiger partial charge in [-0.2, -0.15) is 0 Å². The van der Waals surface area contributed by atoms with E-state index in [2.05, 4.69) is 15.5 Å². The quantitative estimate of drug-likeness (QED) is 0.800. The van der Waals surface area contributed by atoms with Crippen LogP contribution in [0.3, 0.4) is 0 Å². The van der Waals surface area contributed by atoms with E-state index in [1.54, 1.807) is 0 Å². The van der Waals surface area contributed by atoms with Crippen molar-refractivity contribution in [2.45, 2.75) is 0 Å². The Bertz CT molecular complexity index is 821. The second-order valence-electron chi connectivity index (χ2n) is 4.36. The first-order valence-corrected chi connectivity index (χ1v) is 7.10. The second-order valence-corrected chi connectivity index (χ2v) is 5.34. The number of halogens is 2. The number of benzene rings is 2. The van der Waals surface area contributed by atoms with Gasteiger partial charge in [0, 0.05) is 11.1 Å². The highest BCUT2D eigenvalue weighted by atomic mass is 32.1. The maximum Gasteiger partial charge on any atom is 0.257 e. The van der Waals surface area contributed by atoms with Crippen molar-refractivity contribution in [2.24, 2.45) is 0 Å². The highest BCUT2D eigenvalue weighted by Crippen LogP contribution is 2.26. The van der Waals surface area contributed by atoms with E-state index in [0.29, 0.717) is 5.01 Å². The molecule has 0 saturated heterocycles. The molecule has 22 heavy (non-hydrogen) atoms. The van der Waals surface area contributed by atoms with Gasteiger partial charge < -0.3 is 0 Å². The molecule has 0 radical (unpaired) electrons. The molecule has 2 aromatic carbocycles. The number of aromatic nitrogens is 2. The third-order valence-electron chi connectivity index (χ3n) is 2.85. The number of nitrogens with one attached hydrogen (secondary N) is 1. The Morgan fingerprint density at radius 3 is 2.50 bits per heavy atom. The topological polar surface area (TPSA) is 54.9 Å². The minimum atomic E-state index is -1.07. The summed E-state index contributed by atoms with van der Waals surface area (Å²) in [5.41, 5.74) is 0.892. The summed E-state index contributed by atoms with van der Waals surface area (Å²) in [5, 5.41) is 11.3. The smallest absolute Gasteiger partial charge is 0.257 e. The molecule has 3 aromatic rings. The molecule has 3 rings (SSSR count). The third kappa shape index (κ3) is 2.99. The third-order valence-corrected chi connectivity index (χ3v) is 3.74. The van der Waals surface area contributed by atoms with Crippen molar-refractivity contribution >= 4 is 22.4 Å². The van der Waals surface area contributed by atoms with Gasteiger partial charge in [-0.3, -0.25) is 10.1 Å². The maximum atomic E-state index is 13.1. The summed E-state index contributed by atoms with van der Waals surface area (Å²) >= 11 is 1.19. The molecule has 0 spiro atoms. The molecule has 0 bridgehead atoms. The molecule has 110 valence electrons. The fourth-order valence-corrected chi connectivity index (χ4v) is 2.52. The standard InChI is InChI=1S/C15H9F2N3OS/c16-11-7-6-10(8-12(11)17)13(21)18-15-20-19-14(22-15)9-4-2-1-3-5-9/h1-8H,(H,18,20,21). The first-order chi connectivity index (χ1) is 10.6. The predicted octanol–water partition coefficient (Wildman–Crippen LogP) is 3.74. The number of carbonyl (C=O) groups is 1. The van der Waals surface area contributed by atoms with Crippen molar-refractivity contribution in [2.75, 3.05) is 5.32 Å². The van der Waals surface area contributed by atoms with Crippen LogP contribution in [-0.2, 0) is 0 Å². The second kappa shape index (κ2) is 5.98. The van der Waals surface area contributed by atoms with Gasteiger partial charge in [-0.05, 0) is 18.2 Å². The minimum absolute atomic E-state index is 0.00959. The van der Waals surface area contributed by atoms with E-state index in [4.69, 9.17) is 0 Å². The number of carbonyl (C=O) groups excluding carboxylic acids is 1. The van der Waals surface area contributed by atoms with E-state index in [-0.39, 0.29) is 10.7 Å². The van der Waals surface area contributed by atoms with Gasteiger partial charge in [0.1, 0.15) is 5.01 Å². The maximum absolute atomic E-state index is 13.1. The van der Waals surface area contributed by atoms with E-state index in [1.807, 2.05) is 30.3 Å². The Morgan fingerprint density at radius 1 is 1.00 bits per heavy atom. The molecule has 1 heterocycles. The van der Waals surface area contributed by atoms with E-state index < -0.39 is 17.5 Å². The van der Waals surface area contributed by atoms with Crippen LogP contribution in [0.2, 0.25) is 0 Å². The summed E-state index contributed by atoms with van der Waals surface area (Å²) in [6.07, 6.45) is 0. The van der Waals surface area contributed by atoms with Gasteiger partial charge in [-0.1, -0.05) is 41.7 Å². The molecule has 1 aromatic heterocycles. The molecule has 4 nitrogen and oxygen atoms in total. The number of nitrogens with zero attached hydrogens (tertiary/aromatic N) is 2. The van der Waals surface area contributed by atoms with Gasteiger partial charge in [0.15, 0.2) is 11.6 Å². The van der Waals surface area contributed by atoms with Crippen molar-refractivity contribution in [1.82, 2.24) is 10.2 Å². The minimum Gasteiger partial charge on any atom is -0.296 e. The largest absolute Gasteiger partial charge is 0.296 e. The summed E-state index contributed by atoms with van der Waals surface area (Å²) in [6, 6.07) is 12.3. The van der Waals surface area contributed by atoms with Gasteiger partial charge in [-0.15, -0.1) is 10.2 Å². The Morgan fingerprint density at radius 2 is 1.77 bits per heavy atom. The van der Waals surface area contributed by atoms with Crippen molar-refractivity contribution < 1.29 is 13.6 Å². The number of rotatable bonds is 3. The van der Waals surface area contributed by atoms with Crippen LogP contribution in [0.4, 0.5) is 13.9 Å². The number of hydrogen-bond acceptors (Lipinski definition) is 4. The fourth-order valence-electron chi connectivity index (χ4n) is 1.78. The Labute approximate surface area is 128 Å². The van der Waals surface area contributed by atoms with Crippen LogP contribution < -0.4 is 5.32 Å². The lowest BCUT2D eigenvalue weighted by Gasteiger charge is -2.01. The lowest BCUT2D eigenvalue weighted by molar-refractivity contribution is 0.102. The zero-order valence-corrected chi connectivity index (χ0v) is 11.9. The predicted molar refractivity (Wildman–Crippen MR) is 79.7 cm³/mol. The number of hydrogen-bond donors (Lipinski definition) is 1. The van der Waals surface area contributed by atoms with Gasteiger partial charge in [0.05, 0.1) is 0 Å². The molecule has 0 fully saturated rings. The summed E-state index contributed by atoms with van der Waals surface area (Å²) in [7, 11) is 0. The zero-order valence-electron chi connectivity index (χ0n) is 11.1. The van der Waals surface area contributed by atoms with Gasteiger partial charge >= 0.3 is 0 Å². The first-order valence-electron chi connectivity index (χ1n) is 6.29. The van der Waals surface area contributed by atoms with Gasteiger partial charge in [-0.25, -0.2) is 8.78 Å². The normalized spacial score (nSPS) is 10.5. The van der Waals surface area contributed by atoms with Crippen LogP contribution >= 0.6 is 11.3 Å². The summed E-state index contributed by atoms with van der Waals surface area (Å²) in [4.78, 5) is 12.0. The number of amides is 1. The molecule has 1 amide bonds. The fraction of sp³-hybridized carbons (Fsp3) is 0. The Kier molecular flexibility index (Phi) is 3.88.